The van der Waals surface area contributed by atoms with Crippen LogP contribution in [0.5, 0.6) is 0 Å². The first-order valence-corrected chi connectivity index (χ1v) is 7.20. The van der Waals surface area contributed by atoms with Gasteiger partial charge in [0, 0.05) is 18.4 Å². The quantitative estimate of drug-likeness (QED) is 0.808. The van der Waals surface area contributed by atoms with E-state index in [1.807, 2.05) is 31.2 Å². The number of carbonyl (C=O) groups is 1. The van der Waals surface area contributed by atoms with Crippen molar-refractivity contribution < 1.29 is 14.5 Å². The van der Waals surface area contributed by atoms with Crippen LogP contribution in [0.4, 0.5) is 0 Å². The number of rotatable bonds is 2. The fourth-order valence-corrected chi connectivity index (χ4v) is 2.59. The van der Waals surface area contributed by atoms with Crippen LogP contribution in [-0.4, -0.2) is 30.2 Å². The highest BCUT2D eigenvalue weighted by molar-refractivity contribution is 6.15. The number of hydrogen-bond donors (Lipinski definition) is 1. The number of nitrogens with zero attached hydrogens (tertiary/aromatic N) is 1. The minimum Gasteiger partial charge on any atom is -0.405 e. The van der Waals surface area contributed by atoms with Crippen molar-refractivity contribution in [3.8, 4) is 0 Å². The minimum absolute atomic E-state index is 0.259. The molecule has 4 heteroatoms. The Morgan fingerprint density at radius 1 is 1.20 bits per heavy atom. The van der Waals surface area contributed by atoms with Crippen LogP contribution in [-0.2, 0) is 9.53 Å². The summed E-state index contributed by atoms with van der Waals surface area (Å²) in [5.74, 6) is 0.184. The van der Waals surface area contributed by atoms with Crippen LogP contribution < -0.4 is 4.99 Å². The van der Waals surface area contributed by atoms with Crippen LogP contribution in [0.3, 0.4) is 0 Å². The summed E-state index contributed by atoms with van der Waals surface area (Å²) in [6.07, 6.45) is 4.37. The smallest absolute Gasteiger partial charge is 0.348 e. The van der Waals surface area contributed by atoms with E-state index in [-0.39, 0.29) is 5.97 Å². The number of aryl methyl sites for hydroxylation is 1. The number of hydrogen-bond acceptors (Lipinski definition) is 3. The average Bonchev–Trinajstić information content (AvgIpc) is 2.67. The molecule has 0 saturated carbocycles. The van der Waals surface area contributed by atoms with Gasteiger partial charge in [-0.1, -0.05) is 17.7 Å². The SMILES string of the molecule is Cc1ccc(C2=N[C@H](C3=[NH+]CCCCC3)C(=O)O2)cc1. The molecule has 3 rings (SSSR count). The molecule has 104 valence electrons. The van der Waals surface area contributed by atoms with Gasteiger partial charge in [0.25, 0.3) is 0 Å². The summed E-state index contributed by atoms with van der Waals surface area (Å²) in [6.45, 7) is 2.95. The zero-order valence-electron chi connectivity index (χ0n) is 11.7. The third-order valence-electron chi connectivity index (χ3n) is 3.77. The molecule has 20 heavy (non-hydrogen) atoms. The topological polar surface area (TPSA) is 52.6 Å². The predicted molar refractivity (Wildman–Crippen MR) is 76.9 cm³/mol. The maximum Gasteiger partial charge on any atom is 0.348 e. The lowest BCUT2D eigenvalue weighted by atomic mass is 10.1. The first-order valence-electron chi connectivity index (χ1n) is 7.20. The molecule has 2 aliphatic heterocycles. The number of aliphatic imine (C=N–C) groups is 1. The van der Waals surface area contributed by atoms with E-state index in [2.05, 4.69) is 9.98 Å². The van der Waals surface area contributed by atoms with Gasteiger partial charge < -0.3 is 4.74 Å². The molecule has 2 heterocycles. The maximum atomic E-state index is 12.0. The molecule has 4 nitrogen and oxygen atoms in total. The van der Waals surface area contributed by atoms with E-state index in [1.165, 1.54) is 12.0 Å². The highest BCUT2D eigenvalue weighted by Crippen LogP contribution is 2.16. The number of cyclic esters (lactones) is 1. The fourth-order valence-electron chi connectivity index (χ4n) is 2.59. The number of esters is 1. The molecule has 0 unspecified atom stereocenters. The average molecular weight is 271 g/mol. The summed E-state index contributed by atoms with van der Waals surface area (Å²) in [7, 11) is 0. The number of ether oxygens (including phenoxy) is 1. The molecule has 0 bridgehead atoms. The molecule has 0 spiro atoms. The zero-order valence-corrected chi connectivity index (χ0v) is 11.7. The molecule has 2 aliphatic rings. The molecule has 1 atom stereocenters. The van der Waals surface area contributed by atoms with Gasteiger partial charge in [-0.25, -0.2) is 14.8 Å². The van der Waals surface area contributed by atoms with Crippen LogP contribution in [0.1, 0.15) is 36.8 Å². The third kappa shape index (κ3) is 2.64. The molecular formula is C16H19N2O2+. The van der Waals surface area contributed by atoms with E-state index in [9.17, 15) is 4.79 Å². The number of nitrogens with one attached hydrogen (secondary N) is 1. The summed E-state index contributed by atoms with van der Waals surface area (Å²) in [6, 6.07) is 7.40. The van der Waals surface area contributed by atoms with E-state index >= 15 is 0 Å². The van der Waals surface area contributed by atoms with E-state index in [1.54, 1.807) is 0 Å². The van der Waals surface area contributed by atoms with Gasteiger partial charge in [-0.15, -0.1) is 0 Å². The zero-order chi connectivity index (χ0) is 13.9. The van der Waals surface area contributed by atoms with E-state index in [0.29, 0.717) is 5.90 Å². The maximum absolute atomic E-state index is 12.0. The molecule has 1 N–H and O–H groups in total. The second-order valence-electron chi connectivity index (χ2n) is 5.39. The van der Waals surface area contributed by atoms with Crippen LogP contribution in [0.25, 0.3) is 0 Å². The van der Waals surface area contributed by atoms with Gasteiger partial charge in [-0.2, -0.15) is 0 Å². The minimum atomic E-state index is -0.468. The molecular weight excluding hydrogens is 252 g/mol. The second kappa shape index (κ2) is 5.57. The number of benzene rings is 1. The van der Waals surface area contributed by atoms with Crippen LogP contribution in [0, 0.1) is 6.92 Å². The van der Waals surface area contributed by atoms with Crippen molar-refractivity contribution in [1.29, 1.82) is 0 Å². The normalized spacial score (nSPS) is 22.9. The molecule has 0 radical (unpaired) electrons. The van der Waals surface area contributed by atoms with Gasteiger partial charge in [-0.05, 0) is 31.9 Å². The van der Waals surface area contributed by atoms with Gasteiger partial charge in [-0.3, -0.25) is 0 Å². The standard InChI is InChI=1S/C16H18N2O2/c1-11-6-8-12(9-7-11)15-18-14(16(19)20-15)13-5-3-2-4-10-17-13/h6-9,14H,2-5,10H2,1H3/p+1/t14-/m1/s1. The van der Waals surface area contributed by atoms with E-state index < -0.39 is 6.04 Å². The molecule has 0 saturated heterocycles. The lowest BCUT2D eigenvalue weighted by Gasteiger charge is -2.00. The van der Waals surface area contributed by atoms with Gasteiger partial charge in [0.15, 0.2) is 5.71 Å². The largest absolute Gasteiger partial charge is 0.405 e. The van der Waals surface area contributed by atoms with Crippen molar-refractivity contribution in [3.63, 3.8) is 0 Å². The molecule has 0 amide bonds. The number of carbonyl (C=O) groups excluding carboxylic acids is 1. The van der Waals surface area contributed by atoms with Crippen molar-refractivity contribution in [2.45, 2.75) is 38.6 Å². The highest BCUT2D eigenvalue weighted by atomic mass is 16.6. The summed E-state index contributed by atoms with van der Waals surface area (Å²) in [5.41, 5.74) is 3.05. The Labute approximate surface area is 118 Å². The van der Waals surface area contributed by atoms with Crippen molar-refractivity contribution in [1.82, 2.24) is 0 Å². The van der Waals surface area contributed by atoms with Crippen LogP contribution in [0.15, 0.2) is 29.3 Å². The molecule has 0 aliphatic carbocycles. The first-order chi connectivity index (χ1) is 9.74. The van der Waals surface area contributed by atoms with Gasteiger partial charge in [0.1, 0.15) is 6.54 Å². The second-order valence-corrected chi connectivity index (χ2v) is 5.39. The van der Waals surface area contributed by atoms with E-state index in [0.717, 1.165) is 37.1 Å². The Hall–Kier alpha value is -1.97. The van der Waals surface area contributed by atoms with Crippen molar-refractivity contribution in [2.24, 2.45) is 4.99 Å². The van der Waals surface area contributed by atoms with E-state index in [4.69, 9.17) is 4.74 Å². The first kappa shape index (κ1) is 13.0. The Kier molecular flexibility index (Phi) is 3.63. The fraction of sp³-hybridized carbons (Fsp3) is 0.438. The summed E-state index contributed by atoms with van der Waals surface area (Å²) in [4.78, 5) is 19.9. The molecule has 0 aromatic heterocycles. The lowest BCUT2D eigenvalue weighted by Crippen LogP contribution is -2.75. The predicted octanol–water partition coefficient (Wildman–Crippen LogP) is 0.763. The van der Waals surface area contributed by atoms with Gasteiger partial charge in [0.05, 0.1) is 0 Å². The van der Waals surface area contributed by atoms with Crippen molar-refractivity contribution in [2.75, 3.05) is 6.54 Å². The lowest BCUT2D eigenvalue weighted by molar-refractivity contribution is -0.458. The Balaban J connectivity index is 1.84. The Morgan fingerprint density at radius 3 is 2.80 bits per heavy atom. The molecule has 1 aromatic rings. The monoisotopic (exact) mass is 271 g/mol. The highest BCUT2D eigenvalue weighted by Gasteiger charge is 2.37. The van der Waals surface area contributed by atoms with Crippen LogP contribution in [0.2, 0.25) is 0 Å². The third-order valence-corrected chi connectivity index (χ3v) is 3.77. The van der Waals surface area contributed by atoms with Gasteiger partial charge in [0.2, 0.25) is 11.9 Å². The summed E-state index contributed by atoms with van der Waals surface area (Å²) >= 11 is 0. The van der Waals surface area contributed by atoms with Gasteiger partial charge >= 0.3 is 5.97 Å². The Bertz CT molecular complexity index is 573. The van der Waals surface area contributed by atoms with Crippen molar-refractivity contribution in [3.05, 3.63) is 35.4 Å². The molecule has 0 fully saturated rings. The molecule has 1 aromatic carbocycles. The van der Waals surface area contributed by atoms with Crippen molar-refractivity contribution >= 4 is 17.6 Å². The summed E-state index contributed by atoms with van der Waals surface area (Å²) in [5, 5.41) is 0. The Morgan fingerprint density at radius 2 is 2.00 bits per heavy atom. The van der Waals surface area contributed by atoms with Crippen LogP contribution >= 0.6 is 0 Å². The summed E-state index contributed by atoms with van der Waals surface area (Å²) < 4.78 is 5.34.